The number of nitrogen functional groups attached to an aromatic ring is 1. The van der Waals surface area contributed by atoms with Crippen LogP contribution in [-0.2, 0) is 0 Å². The molecule has 0 aliphatic heterocycles. The summed E-state index contributed by atoms with van der Waals surface area (Å²) in [5.41, 5.74) is 7.00. The van der Waals surface area contributed by atoms with Gasteiger partial charge in [0, 0.05) is 11.4 Å². The summed E-state index contributed by atoms with van der Waals surface area (Å²) in [6.07, 6.45) is 0. The summed E-state index contributed by atoms with van der Waals surface area (Å²) >= 11 is 6.02. The number of carboxylic acid groups (broad SMARTS) is 1. The molecular weight excluding hydrogens is 283 g/mol. The molecule has 0 saturated carbocycles. The molecule has 6 heteroatoms. The highest BCUT2D eigenvalue weighted by Gasteiger charge is 2.15. The number of nitrogens with one attached hydrogen (secondary N) is 1. The topological polar surface area (TPSA) is 75.3 Å². The molecule has 0 unspecified atom stereocenters. The van der Waals surface area contributed by atoms with Crippen LogP contribution in [0.25, 0.3) is 0 Å². The molecular formula is C14H12ClFN2O2. The smallest absolute Gasteiger partial charge is 0.337 e. The van der Waals surface area contributed by atoms with Crippen molar-refractivity contribution in [3.63, 3.8) is 0 Å². The number of rotatable bonds is 3. The summed E-state index contributed by atoms with van der Waals surface area (Å²) in [5, 5.41) is 12.2. The highest BCUT2D eigenvalue weighted by Crippen LogP contribution is 2.32. The monoisotopic (exact) mass is 294 g/mol. The second-order valence-corrected chi connectivity index (χ2v) is 4.73. The van der Waals surface area contributed by atoms with Crippen LogP contribution in [0.4, 0.5) is 21.5 Å². The van der Waals surface area contributed by atoms with E-state index in [2.05, 4.69) is 5.32 Å². The van der Waals surface area contributed by atoms with Gasteiger partial charge in [-0.3, -0.25) is 0 Å². The molecule has 20 heavy (non-hydrogen) atoms. The van der Waals surface area contributed by atoms with Gasteiger partial charge in [-0.2, -0.15) is 0 Å². The van der Waals surface area contributed by atoms with Crippen LogP contribution in [0.2, 0.25) is 5.02 Å². The zero-order chi connectivity index (χ0) is 14.9. The van der Waals surface area contributed by atoms with Crippen LogP contribution in [0.15, 0.2) is 30.3 Å². The first-order valence-electron chi connectivity index (χ1n) is 5.74. The number of anilines is 3. The van der Waals surface area contributed by atoms with E-state index in [1.807, 2.05) is 0 Å². The minimum Gasteiger partial charge on any atom is -0.478 e. The number of carbonyl (C=O) groups is 1. The van der Waals surface area contributed by atoms with Crippen LogP contribution < -0.4 is 11.1 Å². The Morgan fingerprint density at radius 1 is 1.35 bits per heavy atom. The van der Waals surface area contributed by atoms with Gasteiger partial charge in [0.25, 0.3) is 0 Å². The Bertz CT molecular complexity index is 689. The van der Waals surface area contributed by atoms with Crippen molar-refractivity contribution >= 4 is 34.6 Å². The van der Waals surface area contributed by atoms with Crippen molar-refractivity contribution in [2.75, 3.05) is 11.1 Å². The fraction of sp³-hybridized carbons (Fsp3) is 0.0714. The van der Waals surface area contributed by atoms with Gasteiger partial charge >= 0.3 is 5.97 Å². The summed E-state index contributed by atoms with van der Waals surface area (Å²) in [4.78, 5) is 11.2. The largest absolute Gasteiger partial charge is 0.478 e. The molecule has 104 valence electrons. The Morgan fingerprint density at radius 2 is 2.05 bits per heavy atom. The van der Waals surface area contributed by atoms with Gasteiger partial charge < -0.3 is 16.2 Å². The summed E-state index contributed by atoms with van der Waals surface area (Å²) in [6.45, 7) is 1.61. The molecule has 2 rings (SSSR count). The molecule has 4 nitrogen and oxygen atoms in total. The minimum absolute atomic E-state index is 0.0445. The maximum Gasteiger partial charge on any atom is 0.337 e. The molecule has 0 amide bonds. The number of carboxylic acids is 1. The summed E-state index contributed by atoms with van der Waals surface area (Å²) in [7, 11) is 0. The molecule has 4 N–H and O–H groups in total. The predicted octanol–water partition coefficient (Wildman–Crippen LogP) is 3.81. The average Bonchev–Trinajstić information content (AvgIpc) is 2.36. The van der Waals surface area contributed by atoms with Gasteiger partial charge in [0.2, 0.25) is 0 Å². The molecule has 2 aromatic rings. The zero-order valence-electron chi connectivity index (χ0n) is 10.6. The van der Waals surface area contributed by atoms with Crippen molar-refractivity contribution in [2.24, 2.45) is 0 Å². The van der Waals surface area contributed by atoms with E-state index in [9.17, 15) is 14.3 Å². The molecule has 2 aromatic carbocycles. The second-order valence-electron chi connectivity index (χ2n) is 4.32. The maximum atomic E-state index is 13.2. The minimum atomic E-state index is -1.15. The number of aromatic carboxylic acids is 1. The number of halogens is 2. The molecule has 0 aromatic heterocycles. The number of benzene rings is 2. The predicted molar refractivity (Wildman–Crippen MR) is 77.2 cm³/mol. The Morgan fingerprint density at radius 3 is 2.65 bits per heavy atom. The van der Waals surface area contributed by atoms with Gasteiger partial charge in [0.05, 0.1) is 16.3 Å². The van der Waals surface area contributed by atoms with Crippen molar-refractivity contribution in [1.82, 2.24) is 0 Å². The molecule has 0 aliphatic rings. The molecule has 0 atom stereocenters. The van der Waals surface area contributed by atoms with Gasteiger partial charge in [0.1, 0.15) is 5.82 Å². The lowest BCUT2D eigenvalue weighted by atomic mass is 10.1. The van der Waals surface area contributed by atoms with E-state index in [-0.39, 0.29) is 27.8 Å². The van der Waals surface area contributed by atoms with E-state index in [0.717, 1.165) is 0 Å². The van der Waals surface area contributed by atoms with Crippen LogP contribution in [0.5, 0.6) is 0 Å². The standard InChI is InChI=1S/C14H12ClFN2O2/c1-7-4-9(2-3-12(7)16)18-13-10(14(19)20)5-8(17)6-11(13)15/h2-6,18H,17H2,1H3,(H,19,20). The van der Waals surface area contributed by atoms with E-state index < -0.39 is 5.97 Å². The lowest BCUT2D eigenvalue weighted by molar-refractivity contribution is 0.0698. The number of nitrogens with two attached hydrogens (primary N) is 1. The fourth-order valence-electron chi connectivity index (χ4n) is 1.79. The Balaban J connectivity index is 2.47. The Hall–Kier alpha value is -2.27. The molecule has 0 bridgehead atoms. The summed E-state index contributed by atoms with van der Waals surface area (Å²) < 4.78 is 13.2. The van der Waals surface area contributed by atoms with Crippen molar-refractivity contribution in [3.8, 4) is 0 Å². The van der Waals surface area contributed by atoms with E-state index in [1.54, 1.807) is 13.0 Å². The third-order valence-corrected chi connectivity index (χ3v) is 3.07. The van der Waals surface area contributed by atoms with Gasteiger partial charge in [-0.15, -0.1) is 0 Å². The first kappa shape index (κ1) is 14.1. The molecule has 0 fully saturated rings. The van der Waals surface area contributed by atoms with Gasteiger partial charge in [-0.1, -0.05) is 11.6 Å². The van der Waals surface area contributed by atoms with Crippen LogP contribution in [0, 0.1) is 12.7 Å². The molecule has 0 saturated heterocycles. The second kappa shape index (κ2) is 5.38. The van der Waals surface area contributed by atoms with Gasteiger partial charge in [-0.05, 0) is 42.8 Å². The SMILES string of the molecule is Cc1cc(Nc2c(Cl)cc(N)cc2C(=O)O)ccc1F. The number of aryl methyl sites for hydroxylation is 1. The maximum absolute atomic E-state index is 13.2. The highest BCUT2D eigenvalue weighted by atomic mass is 35.5. The molecule has 0 radical (unpaired) electrons. The van der Waals surface area contributed by atoms with Crippen LogP contribution in [-0.4, -0.2) is 11.1 Å². The quantitative estimate of drug-likeness (QED) is 0.752. The molecule has 0 spiro atoms. The Kier molecular flexibility index (Phi) is 3.81. The van der Waals surface area contributed by atoms with Crippen molar-refractivity contribution < 1.29 is 14.3 Å². The van der Waals surface area contributed by atoms with Crippen molar-refractivity contribution in [2.45, 2.75) is 6.92 Å². The first-order chi connectivity index (χ1) is 9.38. The number of hydrogen-bond donors (Lipinski definition) is 3. The fourth-order valence-corrected chi connectivity index (χ4v) is 2.07. The van der Waals surface area contributed by atoms with Crippen molar-refractivity contribution in [3.05, 3.63) is 52.3 Å². The lowest BCUT2D eigenvalue weighted by Gasteiger charge is -2.13. The third kappa shape index (κ3) is 2.83. The molecule has 0 heterocycles. The van der Waals surface area contributed by atoms with Crippen molar-refractivity contribution in [1.29, 1.82) is 0 Å². The third-order valence-electron chi connectivity index (χ3n) is 2.77. The van der Waals surface area contributed by atoms with Crippen LogP contribution >= 0.6 is 11.6 Å². The van der Waals surface area contributed by atoms with E-state index in [0.29, 0.717) is 11.3 Å². The van der Waals surface area contributed by atoms with Gasteiger partial charge in [-0.25, -0.2) is 9.18 Å². The summed E-state index contributed by atoms with van der Waals surface area (Å²) in [5.74, 6) is -1.49. The highest BCUT2D eigenvalue weighted by molar-refractivity contribution is 6.34. The Labute approximate surface area is 120 Å². The first-order valence-corrected chi connectivity index (χ1v) is 6.12. The molecule has 0 aliphatic carbocycles. The van der Waals surface area contributed by atoms with E-state index in [1.165, 1.54) is 24.3 Å². The van der Waals surface area contributed by atoms with E-state index >= 15 is 0 Å². The number of hydrogen-bond acceptors (Lipinski definition) is 3. The lowest BCUT2D eigenvalue weighted by Crippen LogP contribution is -2.05. The van der Waals surface area contributed by atoms with Gasteiger partial charge in [0.15, 0.2) is 0 Å². The normalized spacial score (nSPS) is 10.3. The average molecular weight is 295 g/mol. The zero-order valence-corrected chi connectivity index (χ0v) is 11.3. The summed E-state index contributed by atoms with van der Waals surface area (Å²) in [6, 6.07) is 7.12. The van der Waals surface area contributed by atoms with E-state index in [4.69, 9.17) is 17.3 Å². The van der Waals surface area contributed by atoms with Crippen LogP contribution in [0.3, 0.4) is 0 Å². The van der Waals surface area contributed by atoms with Crippen LogP contribution in [0.1, 0.15) is 15.9 Å².